The minimum atomic E-state index is -0.910. The van der Waals surface area contributed by atoms with E-state index in [1.807, 2.05) is 12.1 Å². The first kappa shape index (κ1) is 16.5. The van der Waals surface area contributed by atoms with Gasteiger partial charge in [0.2, 0.25) is 5.88 Å². The lowest BCUT2D eigenvalue weighted by Gasteiger charge is -2.28. The van der Waals surface area contributed by atoms with Gasteiger partial charge in [-0.3, -0.25) is 4.79 Å². The van der Waals surface area contributed by atoms with E-state index in [1.54, 1.807) is 42.5 Å². The number of hydrogen-bond acceptors (Lipinski definition) is 4. The third kappa shape index (κ3) is 2.90. The van der Waals surface area contributed by atoms with Crippen LogP contribution >= 0.6 is 0 Å². The molecule has 0 spiro atoms. The lowest BCUT2D eigenvalue weighted by Crippen LogP contribution is -2.24. The second-order valence-electron chi connectivity index (χ2n) is 5.61. The Kier molecular flexibility index (Phi) is 4.36. The Labute approximate surface area is 144 Å². The summed E-state index contributed by atoms with van der Waals surface area (Å²) in [6, 6.07) is 16.9. The van der Waals surface area contributed by atoms with E-state index < -0.39 is 11.7 Å². The average Bonchev–Trinajstić information content (AvgIpc) is 2.61. The van der Waals surface area contributed by atoms with Gasteiger partial charge in [-0.1, -0.05) is 48.5 Å². The zero-order valence-corrected chi connectivity index (χ0v) is 13.5. The van der Waals surface area contributed by atoms with Crippen molar-refractivity contribution < 1.29 is 13.9 Å². The van der Waals surface area contributed by atoms with E-state index in [9.17, 15) is 14.4 Å². The first-order valence-electron chi connectivity index (χ1n) is 7.67. The minimum absolute atomic E-state index is 0.0231. The highest BCUT2D eigenvalue weighted by Gasteiger charge is 2.36. The molecule has 0 fully saturated rings. The van der Waals surface area contributed by atoms with Crippen molar-refractivity contribution in [3.63, 3.8) is 0 Å². The molecule has 5 heteroatoms. The van der Waals surface area contributed by atoms with E-state index >= 15 is 0 Å². The van der Waals surface area contributed by atoms with Crippen LogP contribution in [0.1, 0.15) is 24.0 Å². The van der Waals surface area contributed by atoms with Gasteiger partial charge in [-0.2, -0.15) is 5.26 Å². The van der Waals surface area contributed by atoms with Gasteiger partial charge < -0.3 is 10.5 Å². The van der Waals surface area contributed by atoms with Gasteiger partial charge in [0.1, 0.15) is 23.2 Å². The van der Waals surface area contributed by atoms with Gasteiger partial charge in [0, 0.05) is 11.1 Å². The molecule has 2 N–H and O–H groups in total. The van der Waals surface area contributed by atoms with Crippen molar-refractivity contribution in [1.82, 2.24) is 0 Å². The smallest absolute Gasteiger partial charge is 0.205 e. The van der Waals surface area contributed by atoms with E-state index in [-0.39, 0.29) is 34.1 Å². The number of nitrogens with two attached hydrogens (primary N) is 1. The number of nitrogens with zero attached hydrogens (tertiary/aromatic N) is 1. The molecule has 0 radical (unpaired) electrons. The van der Waals surface area contributed by atoms with Gasteiger partial charge in [0.05, 0.1) is 11.5 Å². The number of nitriles is 1. The molecule has 1 aliphatic rings. The lowest BCUT2D eigenvalue weighted by atomic mass is 9.80. The number of benzene rings is 2. The van der Waals surface area contributed by atoms with Crippen LogP contribution in [0.5, 0.6) is 0 Å². The number of Topliss-reactive ketones (excluding diaryl/α,β-unsaturated/α-hetero) is 1. The van der Waals surface area contributed by atoms with Crippen LogP contribution in [-0.2, 0) is 9.53 Å². The van der Waals surface area contributed by atoms with Crippen LogP contribution in [-0.4, -0.2) is 5.78 Å². The number of ether oxygens (including phenoxy) is 1. The zero-order chi connectivity index (χ0) is 18.0. The van der Waals surface area contributed by atoms with Crippen LogP contribution in [0.2, 0.25) is 0 Å². The molecule has 25 heavy (non-hydrogen) atoms. The summed E-state index contributed by atoms with van der Waals surface area (Å²) in [7, 11) is 0. The summed E-state index contributed by atoms with van der Waals surface area (Å²) in [6.07, 6.45) is 0. The van der Waals surface area contributed by atoms with E-state index in [2.05, 4.69) is 0 Å². The van der Waals surface area contributed by atoms with Gasteiger partial charge in [-0.15, -0.1) is 0 Å². The van der Waals surface area contributed by atoms with Crippen LogP contribution < -0.4 is 5.73 Å². The zero-order valence-electron chi connectivity index (χ0n) is 13.5. The average molecular weight is 334 g/mol. The Morgan fingerprint density at radius 3 is 2.40 bits per heavy atom. The molecule has 1 atom stereocenters. The lowest BCUT2D eigenvalue weighted by molar-refractivity contribution is -0.113. The largest absolute Gasteiger partial charge is 0.439 e. The molecule has 0 amide bonds. The summed E-state index contributed by atoms with van der Waals surface area (Å²) < 4.78 is 20.0. The molecule has 2 aromatic rings. The molecule has 1 heterocycles. The Hall–Kier alpha value is -3.39. The maximum atomic E-state index is 14.4. The highest BCUT2D eigenvalue weighted by atomic mass is 19.1. The number of halogens is 1. The Balaban J connectivity index is 2.31. The molecule has 0 saturated heterocycles. The van der Waals surface area contributed by atoms with Gasteiger partial charge in [-0.25, -0.2) is 4.39 Å². The Bertz CT molecular complexity index is 940. The predicted octanol–water partition coefficient (Wildman–Crippen LogP) is 3.63. The van der Waals surface area contributed by atoms with Crippen molar-refractivity contribution in [2.75, 3.05) is 0 Å². The Morgan fingerprint density at radius 1 is 1.16 bits per heavy atom. The number of ketones is 1. The van der Waals surface area contributed by atoms with Crippen molar-refractivity contribution >= 4 is 11.5 Å². The second-order valence-corrected chi connectivity index (χ2v) is 5.61. The minimum Gasteiger partial charge on any atom is -0.439 e. The quantitative estimate of drug-likeness (QED) is 0.930. The Morgan fingerprint density at radius 2 is 1.80 bits per heavy atom. The molecule has 1 unspecified atom stereocenters. The summed E-state index contributed by atoms with van der Waals surface area (Å²) in [5.74, 6) is -1.61. The molecule has 0 saturated carbocycles. The topological polar surface area (TPSA) is 76.1 Å². The summed E-state index contributed by atoms with van der Waals surface area (Å²) in [6.45, 7) is 1.37. The molecule has 1 aliphatic heterocycles. The number of carbonyl (C=O) groups is 1. The highest BCUT2D eigenvalue weighted by Crippen LogP contribution is 2.43. The summed E-state index contributed by atoms with van der Waals surface area (Å²) >= 11 is 0. The normalized spacial score (nSPS) is 17.1. The maximum absolute atomic E-state index is 14.4. The first-order chi connectivity index (χ1) is 12.0. The number of hydrogen-bond donors (Lipinski definition) is 1. The standard InChI is InChI=1S/C20H15FN2O2/c1-12(24)17-18(14-9-5-6-10-16(14)21)15(11-22)20(23)25-19(17)13-7-3-2-4-8-13/h2-10,18H,23H2,1H3. The van der Waals surface area contributed by atoms with E-state index in [1.165, 1.54) is 13.0 Å². The molecule has 0 aliphatic carbocycles. The van der Waals surface area contributed by atoms with E-state index in [0.717, 1.165) is 0 Å². The number of rotatable bonds is 3. The second kappa shape index (κ2) is 6.62. The molecule has 0 aromatic heterocycles. The molecular weight excluding hydrogens is 319 g/mol. The maximum Gasteiger partial charge on any atom is 0.205 e. The first-order valence-corrected chi connectivity index (χ1v) is 7.67. The monoisotopic (exact) mass is 334 g/mol. The van der Waals surface area contributed by atoms with E-state index in [0.29, 0.717) is 5.56 Å². The van der Waals surface area contributed by atoms with Crippen LogP contribution in [0.15, 0.2) is 71.6 Å². The SMILES string of the molecule is CC(=O)C1=C(c2ccccc2)OC(N)=C(C#N)C1c1ccccc1F. The molecular formula is C20H15FN2O2. The fraction of sp³-hybridized carbons (Fsp3) is 0.100. The fourth-order valence-electron chi connectivity index (χ4n) is 2.94. The fourth-order valence-corrected chi connectivity index (χ4v) is 2.94. The summed E-state index contributed by atoms with van der Waals surface area (Å²) in [4.78, 5) is 12.4. The molecule has 4 nitrogen and oxygen atoms in total. The van der Waals surface area contributed by atoms with Crippen LogP contribution in [0.3, 0.4) is 0 Å². The van der Waals surface area contributed by atoms with Gasteiger partial charge >= 0.3 is 0 Å². The van der Waals surface area contributed by atoms with Crippen molar-refractivity contribution in [3.8, 4) is 6.07 Å². The van der Waals surface area contributed by atoms with Crippen molar-refractivity contribution in [2.45, 2.75) is 12.8 Å². The van der Waals surface area contributed by atoms with Crippen molar-refractivity contribution in [2.24, 2.45) is 5.73 Å². The molecule has 2 aromatic carbocycles. The van der Waals surface area contributed by atoms with Crippen LogP contribution in [0, 0.1) is 17.1 Å². The van der Waals surface area contributed by atoms with Crippen molar-refractivity contribution in [1.29, 1.82) is 5.26 Å². The van der Waals surface area contributed by atoms with Crippen molar-refractivity contribution in [3.05, 3.63) is 88.6 Å². The number of allylic oxidation sites excluding steroid dienone is 2. The highest BCUT2D eigenvalue weighted by molar-refractivity contribution is 6.03. The molecule has 3 rings (SSSR count). The van der Waals surface area contributed by atoms with E-state index in [4.69, 9.17) is 10.5 Å². The van der Waals surface area contributed by atoms with Crippen LogP contribution in [0.25, 0.3) is 5.76 Å². The van der Waals surface area contributed by atoms with Gasteiger partial charge in [0.15, 0.2) is 5.78 Å². The molecule has 124 valence electrons. The predicted molar refractivity (Wildman–Crippen MR) is 91.1 cm³/mol. The number of carbonyl (C=O) groups excluding carboxylic acids is 1. The summed E-state index contributed by atoms with van der Waals surface area (Å²) in [5.41, 5.74) is 7.00. The molecule has 0 bridgehead atoms. The van der Waals surface area contributed by atoms with Gasteiger partial charge in [-0.05, 0) is 13.0 Å². The van der Waals surface area contributed by atoms with Crippen LogP contribution in [0.4, 0.5) is 4.39 Å². The summed E-state index contributed by atoms with van der Waals surface area (Å²) in [5, 5.41) is 9.52. The third-order valence-electron chi connectivity index (χ3n) is 4.05. The van der Waals surface area contributed by atoms with Gasteiger partial charge in [0.25, 0.3) is 0 Å². The third-order valence-corrected chi connectivity index (χ3v) is 4.05.